The van der Waals surface area contributed by atoms with Crippen LogP contribution < -0.4 is 0 Å². The molecule has 0 saturated carbocycles. The van der Waals surface area contributed by atoms with Gasteiger partial charge in [-0.2, -0.15) is 0 Å². The fourth-order valence-corrected chi connectivity index (χ4v) is 2.05. The number of hydrogen-bond acceptors (Lipinski definition) is 1. The number of halogens is 2. The van der Waals surface area contributed by atoms with E-state index in [1.165, 1.54) is 0 Å². The van der Waals surface area contributed by atoms with Crippen LogP contribution >= 0.6 is 27.5 Å². The van der Waals surface area contributed by atoms with E-state index in [9.17, 15) is 0 Å². The largest absolute Gasteiger partial charge is 0.362 e. The number of hydrogen-bond donors (Lipinski definition) is 0. The van der Waals surface area contributed by atoms with E-state index in [0.717, 1.165) is 26.6 Å². The summed E-state index contributed by atoms with van der Waals surface area (Å²) in [5.41, 5.74) is 1.96. The van der Waals surface area contributed by atoms with E-state index in [1.807, 2.05) is 67.5 Å². The van der Waals surface area contributed by atoms with Gasteiger partial charge in [0.05, 0.1) is 5.69 Å². The molecule has 0 amide bonds. The molecule has 0 saturated heterocycles. The van der Waals surface area contributed by atoms with Gasteiger partial charge in [0.15, 0.2) is 0 Å². The Hall–Kier alpha value is -1.32. The van der Waals surface area contributed by atoms with Gasteiger partial charge in [0.1, 0.15) is 5.84 Å². The van der Waals surface area contributed by atoms with E-state index in [-0.39, 0.29) is 0 Å². The summed E-state index contributed by atoms with van der Waals surface area (Å²) in [5.74, 6) is 0.902. The number of benzene rings is 2. The van der Waals surface area contributed by atoms with Crippen LogP contribution in [0.2, 0.25) is 5.02 Å². The summed E-state index contributed by atoms with van der Waals surface area (Å²) in [4.78, 5) is 6.67. The quantitative estimate of drug-likeness (QED) is 0.571. The first-order valence-electron chi connectivity index (χ1n) is 5.84. The van der Waals surface area contributed by atoms with Crippen LogP contribution in [-0.2, 0) is 0 Å². The van der Waals surface area contributed by atoms with Gasteiger partial charge in [-0.15, -0.1) is 0 Å². The molecule has 2 aromatic carbocycles. The maximum Gasteiger partial charge on any atom is 0.136 e. The van der Waals surface area contributed by atoms with Gasteiger partial charge in [0.25, 0.3) is 0 Å². The van der Waals surface area contributed by atoms with Crippen molar-refractivity contribution in [1.82, 2.24) is 4.90 Å². The zero-order valence-electron chi connectivity index (χ0n) is 10.8. The first-order chi connectivity index (χ1) is 9.06. The predicted octanol–water partition coefficient (Wildman–Crippen LogP) is 4.74. The second-order valence-corrected chi connectivity index (χ2v) is 5.67. The van der Waals surface area contributed by atoms with Crippen molar-refractivity contribution in [3.63, 3.8) is 0 Å². The maximum absolute atomic E-state index is 5.91. The molecule has 0 N–H and O–H groups in total. The van der Waals surface area contributed by atoms with Crippen LogP contribution in [0.15, 0.2) is 58.0 Å². The second kappa shape index (κ2) is 6.22. The highest BCUT2D eigenvalue weighted by Gasteiger charge is 2.06. The van der Waals surface area contributed by atoms with Crippen LogP contribution in [0.5, 0.6) is 0 Å². The van der Waals surface area contributed by atoms with E-state index in [2.05, 4.69) is 20.9 Å². The van der Waals surface area contributed by atoms with Crippen LogP contribution in [0.25, 0.3) is 0 Å². The minimum absolute atomic E-state index is 0.727. The van der Waals surface area contributed by atoms with Gasteiger partial charge in [0, 0.05) is 29.2 Å². The highest BCUT2D eigenvalue weighted by Crippen LogP contribution is 2.19. The topological polar surface area (TPSA) is 15.6 Å². The Kier molecular flexibility index (Phi) is 4.61. The van der Waals surface area contributed by atoms with Crippen molar-refractivity contribution in [2.75, 3.05) is 14.1 Å². The molecule has 0 bridgehead atoms. The lowest BCUT2D eigenvalue weighted by molar-refractivity contribution is 0.624. The van der Waals surface area contributed by atoms with Crippen LogP contribution in [0.3, 0.4) is 0 Å². The number of rotatable bonds is 2. The van der Waals surface area contributed by atoms with Crippen LogP contribution in [0.1, 0.15) is 5.56 Å². The summed E-state index contributed by atoms with van der Waals surface area (Å²) in [6, 6.07) is 15.6. The summed E-state index contributed by atoms with van der Waals surface area (Å²) in [6.45, 7) is 0. The predicted molar refractivity (Wildman–Crippen MR) is 85.5 cm³/mol. The van der Waals surface area contributed by atoms with Crippen molar-refractivity contribution in [2.24, 2.45) is 4.99 Å². The molecule has 2 rings (SSSR count). The zero-order valence-corrected chi connectivity index (χ0v) is 13.1. The molecule has 0 fully saturated rings. The van der Waals surface area contributed by atoms with Gasteiger partial charge in [-0.25, -0.2) is 4.99 Å². The van der Waals surface area contributed by atoms with Crippen molar-refractivity contribution in [1.29, 1.82) is 0 Å². The number of aliphatic imine (C=N–C) groups is 1. The number of amidine groups is 1. The van der Waals surface area contributed by atoms with E-state index in [4.69, 9.17) is 11.6 Å². The molecule has 0 atom stereocenters. The maximum atomic E-state index is 5.91. The van der Waals surface area contributed by atoms with Crippen molar-refractivity contribution >= 4 is 39.1 Å². The van der Waals surface area contributed by atoms with Crippen LogP contribution in [-0.4, -0.2) is 24.8 Å². The lowest BCUT2D eigenvalue weighted by atomic mass is 10.2. The lowest BCUT2D eigenvalue weighted by Crippen LogP contribution is -2.22. The van der Waals surface area contributed by atoms with Gasteiger partial charge in [-0.05, 0) is 48.5 Å². The minimum Gasteiger partial charge on any atom is -0.362 e. The van der Waals surface area contributed by atoms with E-state index in [0.29, 0.717) is 0 Å². The number of nitrogens with zero attached hydrogens (tertiary/aromatic N) is 2. The van der Waals surface area contributed by atoms with Gasteiger partial charge >= 0.3 is 0 Å². The fourth-order valence-electron chi connectivity index (χ4n) is 1.66. The Morgan fingerprint density at radius 2 is 1.58 bits per heavy atom. The molecule has 98 valence electrons. The molecule has 0 aliphatic heterocycles. The Morgan fingerprint density at radius 1 is 1.00 bits per heavy atom. The normalized spacial score (nSPS) is 11.5. The zero-order chi connectivity index (χ0) is 13.8. The molecule has 19 heavy (non-hydrogen) atoms. The first-order valence-corrected chi connectivity index (χ1v) is 7.01. The Labute approximate surface area is 126 Å². The molecule has 0 aliphatic rings. The van der Waals surface area contributed by atoms with Crippen molar-refractivity contribution in [3.8, 4) is 0 Å². The third-order valence-electron chi connectivity index (χ3n) is 2.59. The molecule has 0 aliphatic carbocycles. The summed E-state index contributed by atoms with van der Waals surface area (Å²) in [7, 11) is 3.96. The molecule has 0 heterocycles. The fraction of sp³-hybridized carbons (Fsp3) is 0.133. The molecule has 2 aromatic rings. The average Bonchev–Trinajstić information content (AvgIpc) is 2.39. The monoisotopic (exact) mass is 336 g/mol. The van der Waals surface area contributed by atoms with Gasteiger partial charge in [-0.3, -0.25) is 0 Å². The Bertz CT molecular complexity index is 574. The van der Waals surface area contributed by atoms with E-state index in [1.54, 1.807) is 0 Å². The van der Waals surface area contributed by atoms with Gasteiger partial charge in [-0.1, -0.05) is 27.5 Å². The standard InChI is InChI=1S/C15H14BrClN2/c1-19(2)15(11-3-7-13(17)8-4-11)18-14-9-5-12(16)6-10-14/h3-10H,1-2H3. The molecular formula is C15H14BrClN2. The molecule has 2 nitrogen and oxygen atoms in total. The second-order valence-electron chi connectivity index (χ2n) is 4.31. The minimum atomic E-state index is 0.727. The van der Waals surface area contributed by atoms with E-state index >= 15 is 0 Å². The highest BCUT2D eigenvalue weighted by molar-refractivity contribution is 9.10. The molecule has 0 radical (unpaired) electrons. The van der Waals surface area contributed by atoms with Gasteiger partial charge in [0.2, 0.25) is 0 Å². The van der Waals surface area contributed by atoms with Crippen molar-refractivity contribution in [2.45, 2.75) is 0 Å². The molecular weight excluding hydrogens is 324 g/mol. The third kappa shape index (κ3) is 3.82. The Balaban J connectivity index is 2.40. The summed E-state index contributed by atoms with van der Waals surface area (Å²) >= 11 is 9.33. The first kappa shape index (κ1) is 14.1. The average molecular weight is 338 g/mol. The SMILES string of the molecule is CN(C)C(=Nc1ccc(Br)cc1)c1ccc(Cl)cc1. The smallest absolute Gasteiger partial charge is 0.136 e. The van der Waals surface area contributed by atoms with Crippen LogP contribution in [0.4, 0.5) is 5.69 Å². The van der Waals surface area contributed by atoms with Crippen molar-refractivity contribution in [3.05, 3.63) is 63.6 Å². The summed E-state index contributed by atoms with van der Waals surface area (Å²) < 4.78 is 1.05. The van der Waals surface area contributed by atoms with Crippen LogP contribution in [0, 0.1) is 0 Å². The van der Waals surface area contributed by atoms with Gasteiger partial charge < -0.3 is 4.90 Å². The highest BCUT2D eigenvalue weighted by atomic mass is 79.9. The molecule has 4 heteroatoms. The summed E-state index contributed by atoms with van der Waals surface area (Å²) in [5, 5.41) is 0.727. The third-order valence-corrected chi connectivity index (χ3v) is 3.37. The molecule has 0 spiro atoms. The summed E-state index contributed by atoms with van der Waals surface area (Å²) in [6.07, 6.45) is 0. The molecule has 0 unspecified atom stereocenters. The lowest BCUT2D eigenvalue weighted by Gasteiger charge is -2.16. The van der Waals surface area contributed by atoms with E-state index < -0.39 is 0 Å². The Morgan fingerprint density at radius 3 is 2.11 bits per heavy atom. The molecule has 0 aromatic heterocycles. The van der Waals surface area contributed by atoms with Crippen molar-refractivity contribution < 1.29 is 0 Å².